The number of carbonyl (C=O) groups is 4. The van der Waals surface area contributed by atoms with Crippen LogP contribution in [0.25, 0.3) is 0 Å². The lowest BCUT2D eigenvalue weighted by Gasteiger charge is -2.36. The summed E-state index contributed by atoms with van der Waals surface area (Å²) < 4.78 is 0. The van der Waals surface area contributed by atoms with Crippen molar-refractivity contribution in [2.45, 2.75) is 54.4 Å². The van der Waals surface area contributed by atoms with Crippen molar-refractivity contribution < 1.29 is 101 Å². The smallest absolute Gasteiger partial charge is 0.200 e. The van der Waals surface area contributed by atoms with Gasteiger partial charge >= 0.3 is 0 Å². The van der Waals surface area contributed by atoms with Gasteiger partial charge in [-0.15, -0.1) is 0 Å². The molecular weight excluding hydrogens is 632 g/mol. The second-order valence-electron chi connectivity index (χ2n) is 9.56. The molecule has 0 heterocycles. The van der Waals surface area contributed by atoms with Crippen LogP contribution in [-0.4, -0.2) is 167 Å². The molecule has 2 rings (SSSR count). The molecule has 9 atom stereocenters. The maximum absolute atomic E-state index is 12.8. The van der Waals surface area contributed by atoms with E-state index in [0.717, 1.165) is 0 Å². The van der Waals surface area contributed by atoms with E-state index in [1.807, 2.05) is 0 Å². The van der Waals surface area contributed by atoms with Crippen molar-refractivity contribution in [1.82, 2.24) is 0 Å². The molecule has 0 aromatic heterocycles. The Balaban J connectivity index is 0.000000745. The van der Waals surface area contributed by atoms with Gasteiger partial charge in [-0.3, -0.25) is 9.59 Å². The van der Waals surface area contributed by atoms with Gasteiger partial charge in [0.25, 0.3) is 0 Å². The lowest BCUT2D eigenvalue weighted by Crippen LogP contribution is -2.64. The summed E-state index contributed by atoms with van der Waals surface area (Å²) in [5, 5.41) is 152. The topological polar surface area (TPSA) is 392 Å². The number of carbonyl (C=O) groups excluding carboxylic acids is 4. The molecule has 0 spiro atoms. The van der Waals surface area contributed by atoms with Gasteiger partial charge < -0.3 is 91.3 Å². The van der Waals surface area contributed by atoms with E-state index < -0.39 is 125 Å². The number of aliphatic hydroxyl groups excluding tert-OH is 9. The van der Waals surface area contributed by atoms with Crippen molar-refractivity contribution in [1.29, 1.82) is 0 Å². The van der Waals surface area contributed by atoms with E-state index in [1.54, 1.807) is 0 Å². The van der Waals surface area contributed by atoms with Crippen LogP contribution in [0, 0.1) is 0 Å². The predicted molar refractivity (Wildman–Crippen MR) is 144 cm³/mol. The van der Waals surface area contributed by atoms with Crippen molar-refractivity contribution in [3.05, 3.63) is 35.4 Å². The molecule has 16 N–H and O–H groups in total. The van der Waals surface area contributed by atoms with Gasteiger partial charge in [0.2, 0.25) is 5.78 Å². The second kappa shape index (κ2) is 16.2. The van der Waals surface area contributed by atoms with Crippen LogP contribution in [0.5, 0.6) is 34.5 Å². The third-order valence-corrected chi connectivity index (χ3v) is 6.42. The van der Waals surface area contributed by atoms with Gasteiger partial charge in [-0.2, -0.15) is 0 Å². The van der Waals surface area contributed by atoms with Gasteiger partial charge in [-0.05, 0) is 24.3 Å². The van der Waals surface area contributed by atoms with Crippen molar-refractivity contribution in [3.63, 3.8) is 0 Å². The minimum Gasteiger partial charge on any atom is -0.504 e. The van der Waals surface area contributed by atoms with E-state index in [4.69, 9.17) is 25.5 Å². The second-order valence-corrected chi connectivity index (χ2v) is 9.56. The van der Waals surface area contributed by atoms with Crippen molar-refractivity contribution >= 4 is 24.1 Å². The molecule has 0 fully saturated rings. The summed E-state index contributed by atoms with van der Waals surface area (Å²) in [6, 6.07) is 2.09. The Morgan fingerprint density at radius 3 is 1.43 bits per heavy atom. The molecule has 46 heavy (non-hydrogen) atoms. The standard InChI is InChI=1S/C20H20O14.C6H12O6/c21-5-12(26)20(34,18(32)7-3-10(24)15(29)11(25)4-7)19(33)17(31)16(30)13(27)6-1-8(22)14(28)9(23)2-6;7-1-3(9)5(11)6(12)4(10)2-8/h1-5,12,16-17,19,22-26,28-31,33-34H;1,3-6,8-12H,2H2. The number of phenols is 6. The van der Waals surface area contributed by atoms with E-state index in [-0.39, 0.29) is 6.29 Å². The maximum atomic E-state index is 12.8. The summed E-state index contributed by atoms with van der Waals surface area (Å²) in [5.74, 6) is -9.54. The SMILES string of the molecule is O=CC(O)C(O)(C(=O)c1cc(O)c(O)c(O)c1)C(O)C(O)C(O)C(=O)c1cc(O)c(O)c(O)c1.O=CC(O)C(O)C(O)C(O)CO. The fourth-order valence-corrected chi connectivity index (χ4v) is 3.64. The molecular formula is C26H32O20. The molecule has 2 aromatic rings. The van der Waals surface area contributed by atoms with Gasteiger partial charge in [0.1, 0.15) is 48.8 Å². The lowest BCUT2D eigenvalue weighted by molar-refractivity contribution is -0.166. The monoisotopic (exact) mass is 664 g/mol. The zero-order valence-electron chi connectivity index (χ0n) is 23.1. The first-order valence-corrected chi connectivity index (χ1v) is 12.5. The Bertz CT molecular complexity index is 1350. The quantitative estimate of drug-likeness (QED) is 0.0507. The number of aldehydes is 2. The van der Waals surface area contributed by atoms with Crippen LogP contribution in [0.3, 0.4) is 0 Å². The largest absolute Gasteiger partial charge is 0.504 e. The lowest BCUT2D eigenvalue weighted by atomic mass is 9.79. The molecule has 20 nitrogen and oxygen atoms in total. The van der Waals surface area contributed by atoms with Gasteiger partial charge in [0.15, 0.2) is 58.5 Å². The van der Waals surface area contributed by atoms with Crippen LogP contribution < -0.4 is 0 Å². The maximum Gasteiger partial charge on any atom is 0.200 e. The first-order chi connectivity index (χ1) is 21.2. The molecule has 0 saturated carbocycles. The Kier molecular flexibility index (Phi) is 13.9. The zero-order valence-corrected chi connectivity index (χ0v) is 23.1. The number of rotatable bonds is 14. The number of phenolic OH excluding ortho intramolecular Hbond substituents is 6. The third kappa shape index (κ3) is 8.41. The van der Waals surface area contributed by atoms with Crippen LogP contribution in [0.15, 0.2) is 24.3 Å². The Morgan fingerprint density at radius 2 is 1.07 bits per heavy atom. The molecule has 20 heteroatoms. The summed E-state index contributed by atoms with van der Waals surface area (Å²) in [4.78, 5) is 46.3. The highest BCUT2D eigenvalue weighted by atomic mass is 16.4. The fraction of sp³-hybridized carbons (Fsp3) is 0.385. The van der Waals surface area contributed by atoms with E-state index in [9.17, 15) is 75.3 Å². The number of hydrogen-bond acceptors (Lipinski definition) is 20. The minimum absolute atomic E-state index is 0.0258. The molecule has 0 bridgehead atoms. The number of ketones is 2. The average molecular weight is 665 g/mol. The molecule has 256 valence electrons. The van der Waals surface area contributed by atoms with E-state index >= 15 is 0 Å². The molecule has 0 amide bonds. The highest BCUT2D eigenvalue weighted by molar-refractivity contribution is 6.06. The predicted octanol–water partition coefficient (Wildman–Crippen LogP) is -6.02. The number of benzene rings is 2. The molecule has 0 aliphatic rings. The Hall–Kier alpha value is -4.48. The molecule has 2 aromatic carbocycles. The number of Topliss-reactive ketones (excluding diaryl/α,β-unsaturated/α-hetero) is 2. The van der Waals surface area contributed by atoms with Crippen molar-refractivity contribution in [2.24, 2.45) is 0 Å². The first kappa shape index (κ1) is 39.5. The molecule has 0 radical (unpaired) electrons. The van der Waals surface area contributed by atoms with E-state index in [0.29, 0.717) is 24.3 Å². The van der Waals surface area contributed by atoms with Crippen LogP contribution in [0.2, 0.25) is 0 Å². The van der Waals surface area contributed by atoms with Crippen LogP contribution in [0.4, 0.5) is 0 Å². The molecule has 0 saturated heterocycles. The highest BCUT2D eigenvalue weighted by Crippen LogP contribution is 2.38. The zero-order chi connectivity index (χ0) is 35.8. The average Bonchev–Trinajstić information content (AvgIpc) is 3.05. The fourth-order valence-electron chi connectivity index (χ4n) is 3.64. The molecule has 0 aliphatic heterocycles. The van der Waals surface area contributed by atoms with Crippen molar-refractivity contribution in [2.75, 3.05) is 6.61 Å². The van der Waals surface area contributed by atoms with E-state index in [2.05, 4.69) is 0 Å². The summed E-state index contributed by atoms with van der Waals surface area (Å²) in [6.07, 6.45) is -18.5. The van der Waals surface area contributed by atoms with Gasteiger partial charge in [-0.1, -0.05) is 0 Å². The van der Waals surface area contributed by atoms with Gasteiger partial charge in [-0.25, -0.2) is 0 Å². The minimum atomic E-state index is -3.67. The Labute approximate surface area is 256 Å². The molecule has 9 unspecified atom stereocenters. The first-order valence-electron chi connectivity index (χ1n) is 12.5. The van der Waals surface area contributed by atoms with E-state index in [1.165, 1.54) is 0 Å². The molecule has 0 aliphatic carbocycles. The summed E-state index contributed by atoms with van der Waals surface area (Å²) in [6.45, 7) is -0.760. The Morgan fingerprint density at radius 1 is 0.652 bits per heavy atom. The highest BCUT2D eigenvalue weighted by Gasteiger charge is 2.54. The number of hydrogen-bond donors (Lipinski definition) is 16. The summed E-state index contributed by atoms with van der Waals surface area (Å²) in [7, 11) is 0. The van der Waals surface area contributed by atoms with Crippen LogP contribution in [-0.2, 0) is 9.59 Å². The number of aromatic hydroxyl groups is 6. The number of aliphatic hydroxyl groups is 10. The summed E-state index contributed by atoms with van der Waals surface area (Å²) in [5.41, 5.74) is -5.25. The third-order valence-electron chi connectivity index (χ3n) is 6.42. The van der Waals surface area contributed by atoms with Gasteiger partial charge in [0.05, 0.1) is 6.61 Å². The normalized spacial score (nSPS) is 17.8. The van der Waals surface area contributed by atoms with Gasteiger partial charge in [0, 0.05) is 11.1 Å². The van der Waals surface area contributed by atoms with Crippen LogP contribution >= 0.6 is 0 Å². The van der Waals surface area contributed by atoms with Crippen molar-refractivity contribution in [3.8, 4) is 34.5 Å². The summed E-state index contributed by atoms with van der Waals surface area (Å²) >= 11 is 0. The van der Waals surface area contributed by atoms with Crippen LogP contribution in [0.1, 0.15) is 20.7 Å².